The van der Waals surface area contributed by atoms with Crippen molar-refractivity contribution in [2.45, 2.75) is 134 Å². The highest BCUT2D eigenvalue weighted by Gasteiger charge is 2.41. The van der Waals surface area contributed by atoms with Crippen molar-refractivity contribution >= 4 is 98.9 Å². The maximum Gasteiger partial charge on any atom is 0.326 e. The van der Waals surface area contributed by atoms with Crippen molar-refractivity contribution in [1.29, 1.82) is 5.41 Å². The first kappa shape index (κ1) is 78.3. The molecule has 2 aliphatic heterocycles. The normalized spacial score (nSPS) is 15.0. The summed E-state index contributed by atoms with van der Waals surface area (Å²) in [7, 11) is 7.80. The minimum absolute atomic E-state index is 0.0156. The van der Waals surface area contributed by atoms with E-state index in [1.807, 2.05) is 86.2 Å². The molecule has 1 aromatic heterocycles. The number of likely N-dealkylation sites (tertiary alicyclic amines) is 1. The molecule has 5 aromatic rings. The Morgan fingerprint density at radius 1 is 0.740 bits per heavy atom. The number of carbonyl (C=O) groups is 9. The monoisotopic (exact) mass is 1450 g/mol. The predicted octanol–water partition coefficient (Wildman–Crippen LogP) is 3.54. The summed E-state index contributed by atoms with van der Waals surface area (Å²) >= 11 is 5.67. The number of amides is 7. The average molecular weight is 1450 g/mol. The summed E-state index contributed by atoms with van der Waals surface area (Å²) in [5.41, 5.74) is 11.9. The van der Waals surface area contributed by atoms with Gasteiger partial charge in [0.2, 0.25) is 46.7 Å². The Balaban J connectivity index is 0.979. The average Bonchev–Trinajstić information content (AvgIpc) is 0.840. The van der Waals surface area contributed by atoms with Gasteiger partial charge in [0, 0.05) is 98.4 Å². The van der Waals surface area contributed by atoms with Gasteiger partial charge in [-0.3, -0.25) is 43.8 Å². The molecule has 0 radical (unpaired) electrons. The van der Waals surface area contributed by atoms with E-state index in [1.54, 1.807) is 70.2 Å². The lowest BCUT2D eigenvalue weighted by atomic mass is 9.93. The number of H-pyrrole nitrogens is 1. The molecule has 30 heteroatoms. The Morgan fingerprint density at radius 3 is 2.02 bits per heavy atom. The summed E-state index contributed by atoms with van der Waals surface area (Å²) in [6.45, 7) is 6.92. The molecule has 0 spiro atoms. The van der Waals surface area contributed by atoms with Crippen LogP contribution in [0.4, 0.5) is 11.4 Å². The summed E-state index contributed by atoms with van der Waals surface area (Å²) in [6.07, 6.45) is 2.62. The molecule has 1 fully saturated rings. The predicted molar refractivity (Wildman–Crippen MR) is 397 cm³/mol. The van der Waals surface area contributed by atoms with Gasteiger partial charge in [-0.25, -0.2) is 14.4 Å². The Labute approximate surface area is 607 Å². The van der Waals surface area contributed by atoms with Gasteiger partial charge in [0.05, 0.1) is 18.8 Å². The maximum absolute atomic E-state index is 14.9. The van der Waals surface area contributed by atoms with E-state index in [9.17, 15) is 58.5 Å². The number of aromatic amines is 1. The van der Waals surface area contributed by atoms with Crippen LogP contribution in [0.15, 0.2) is 132 Å². The molecule has 1 aliphatic carbocycles. The molecular weight excluding hydrogens is 1350 g/mol. The van der Waals surface area contributed by atoms with E-state index in [1.165, 1.54) is 41.7 Å². The van der Waals surface area contributed by atoms with Gasteiger partial charge in [-0.1, -0.05) is 88.7 Å². The van der Waals surface area contributed by atoms with Crippen LogP contribution in [0.2, 0.25) is 0 Å². The fraction of sp³-hybridized carbons (Fsp3) is 0.392. The number of benzene rings is 5. The van der Waals surface area contributed by atoms with Crippen molar-refractivity contribution in [2.24, 2.45) is 17.6 Å². The number of phenols is 1. The summed E-state index contributed by atoms with van der Waals surface area (Å²) in [5.74, 6) is -9.41. The lowest BCUT2D eigenvalue weighted by molar-refractivity contribution is -0.145. The first-order valence-corrected chi connectivity index (χ1v) is 34.8. The van der Waals surface area contributed by atoms with Crippen LogP contribution in [0.1, 0.15) is 83.0 Å². The number of nitrogens with two attached hydrogens (primary N) is 1. The number of hydrogen-bond acceptors (Lipinski definition) is 15. The standard InChI is InChI=1S/C74H92N16O13S/c1-9-42(4)64(70(99)83-56(35-47-39-77-40-79-47)71(100)90-32-14-18-58(90)68(97)84-57(72(101)102)34-43-15-11-10-12-16-43)87-67(96)54(33-44-19-27-50(91)28-20-44)82-69(98)63(41(2)3)86-65(94)53(17-13-31-78-73(75)76)81-66(95)55(38-61(92)93)85-74(104)80-46-23-21-45(22-24-46)62-51-29-25-48(88(5)6)36-59(51)103-60-37-49(89(7)8)26-30-52(60)62/h10-12,15-16,19-30,36-37,39-42,53-58,63-64H,9,13-14,17-18,31-35,38H2,1-8H3,(H15,75,76,77,78,79,81,82,83,84,85,86,87,91,92,93,94,95,96,97,98,99,101,102,104)/p+1/t42-,53-,54-,55-,56-,57-,58-,63-,64-/m0/s1. The lowest BCUT2D eigenvalue weighted by Crippen LogP contribution is -2.62. The van der Waals surface area contributed by atoms with Gasteiger partial charge < -0.3 is 88.1 Å². The van der Waals surface area contributed by atoms with Crippen LogP contribution in [0.25, 0.3) is 33.4 Å². The topological polar surface area (TPSA) is 424 Å². The number of thiocarbonyl (C=S) groups is 1. The number of rotatable bonds is 33. The minimum atomic E-state index is -1.56. The van der Waals surface area contributed by atoms with Gasteiger partial charge in [0.1, 0.15) is 79.5 Å². The van der Waals surface area contributed by atoms with Crippen molar-refractivity contribution in [1.82, 2.24) is 62.0 Å². The fourth-order valence-corrected chi connectivity index (χ4v) is 12.5. The zero-order valence-corrected chi connectivity index (χ0v) is 60.2. The van der Waals surface area contributed by atoms with Gasteiger partial charge in [0.25, 0.3) is 0 Å². The second-order valence-corrected chi connectivity index (χ2v) is 27.1. The quantitative estimate of drug-likeness (QED) is 0.00698. The second-order valence-electron chi connectivity index (χ2n) is 26.7. The van der Waals surface area contributed by atoms with Crippen molar-refractivity contribution in [3.05, 3.63) is 150 Å². The van der Waals surface area contributed by atoms with Crippen LogP contribution in [0.5, 0.6) is 5.75 Å². The minimum Gasteiger partial charge on any atom is -0.508 e. The Kier molecular flexibility index (Phi) is 27.4. The number of carboxylic acid groups (broad SMARTS) is 2. The molecule has 0 unspecified atom stereocenters. The molecule has 552 valence electrons. The van der Waals surface area contributed by atoms with Gasteiger partial charge in [-0.2, -0.15) is 0 Å². The third-order valence-corrected chi connectivity index (χ3v) is 18.4. The third kappa shape index (κ3) is 21.3. The van der Waals surface area contributed by atoms with E-state index >= 15 is 0 Å². The first-order chi connectivity index (χ1) is 49.6. The van der Waals surface area contributed by atoms with Crippen molar-refractivity contribution in [3.63, 3.8) is 0 Å². The summed E-state index contributed by atoms with van der Waals surface area (Å²) in [5, 5.41) is 64.7. The van der Waals surface area contributed by atoms with Crippen molar-refractivity contribution < 1.29 is 62.9 Å². The second kappa shape index (κ2) is 36.4. The van der Waals surface area contributed by atoms with E-state index < -0.39 is 120 Å². The highest BCUT2D eigenvalue weighted by atomic mass is 32.1. The summed E-state index contributed by atoms with van der Waals surface area (Å²) < 4.78 is 8.49. The molecular formula is C74H93N16O13S+. The number of carbonyl (C=O) groups excluding carboxylic acids is 7. The van der Waals surface area contributed by atoms with Crippen LogP contribution in [0, 0.1) is 17.2 Å². The zero-order valence-electron chi connectivity index (χ0n) is 59.4. The molecule has 104 heavy (non-hydrogen) atoms. The van der Waals surface area contributed by atoms with E-state index in [0.717, 1.165) is 33.1 Å². The molecule has 16 N–H and O–H groups in total. The molecule has 3 aliphatic rings. The Hall–Kier alpha value is -11.4. The number of fused-ring (bicyclic) bond motifs is 2. The van der Waals surface area contributed by atoms with Crippen LogP contribution in [0.3, 0.4) is 0 Å². The van der Waals surface area contributed by atoms with Gasteiger partial charge >= 0.3 is 11.9 Å². The van der Waals surface area contributed by atoms with E-state index in [4.69, 9.17) is 27.8 Å². The highest BCUT2D eigenvalue weighted by Crippen LogP contribution is 2.41. The van der Waals surface area contributed by atoms with Gasteiger partial charge in [-0.05, 0) is 109 Å². The SMILES string of the molecule is CC[C@H](C)[C@H](NC(=O)[C@H](Cc1ccc(O)cc1)NC(=O)[C@@H](NC(=O)[C@H](CCCNC(=N)N)NC(=O)[C@H](CC(=O)O)NC(=S)Nc1ccc(-c2c3ccc(=[N+](C)C)cc-3oc3cc(N(C)C)ccc23)cc1)C(C)C)C(=O)N[C@@H](Cc1cnc[nH]1)C(=O)N1CCC[C@H]1C(=O)N[C@@H](Cc1ccccc1)C(=O)O. The summed E-state index contributed by atoms with van der Waals surface area (Å²) in [6, 6.07) is 22.9. The van der Waals surface area contributed by atoms with Crippen LogP contribution in [-0.4, -0.2) is 184 Å². The fourth-order valence-electron chi connectivity index (χ4n) is 12.2. The number of nitrogens with zero attached hydrogens (tertiary/aromatic N) is 4. The number of guanidine groups is 1. The number of hydrogen-bond donors (Lipinski definition) is 15. The summed E-state index contributed by atoms with van der Waals surface area (Å²) in [4.78, 5) is 137. The van der Waals surface area contributed by atoms with Crippen LogP contribution >= 0.6 is 12.2 Å². The zero-order chi connectivity index (χ0) is 75.5. The Bertz CT molecular complexity index is 4260. The number of phenolic OH excluding ortho intramolecular Hbond substituents is 1. The molecule has 0 bridgehead atoms. The highest BCUT2D eigenvalue weighted by molar-refractivity contribution is 7.80. The van der Waals surface area contributed by atoms with E-state index in [2.05, 4.69) is 57.8 Å². The third-order valence-electron chi connectivity index (χ3n) is 18.2. The molecule has 9 atom stereocenters. The first-order valence-electron chi connectivity index (χ1n) is 34.4. The van der Waals surface area contributed by atoms with Crippen molar-refractivity contribution in [3.8, 4) is 28.2 Å². The molecule has 7 amide bonds. The van der Waals surface area contributed by atoms with Crippen LogP contribution < -0.4 is 68.4 Å². The number of aromatic nitrogens is 2. The van der Waals surface area contributed by atoms with E-state index in [-0.39, 0.29) is 68.4 Å². The van der Waals surface area contributed by atoms with Crippen LogP contribution in [-0.2, 0) is 62.4 Å². The molecule has 1 saturated heterocycles. The number of aliphatic carboxylic acids is 2. The maximum atomic E-state index is 14.9. The number of carboxylic acids is 2. The number of aromatic hydroxyl groups is 1. The molecule has 3 heterocycles. The van der Waals surface area contributed by atoms with Gasteiger partial charge in [0.15, 0.2) is 11.1 Å². The number of anilines is 2. The molecule has 8 rings (SSSR count). The molecule has 0 saturated carbocycles. The lowest BCUT2D eigenvalue weighted by Gasteiger charge is -2.32. The van der Waals surface area contributed by atoms with Crippen molar-refractivity contribution in [2.75, 3.05) is 51.5 Å². The smallest absolute Gasteiger partial charge is 0.326 e. The largest absolute Gasteiger partial charge is 0.508 e. The number of imidazole rings is 1. The number of nitrogens with one attached hydrogen (secondary N) is 11. The van der Waals surface area contributed by atoms with E-state index in [0.29, 0.717) is 46.7 Å². The molecule has 29 nitrogen and oxygen atoms in total. The van der Waals surface area contributed by atoms with Gasteiger partial charge in [-0.15, -0.1) is 0 Å². The Morgan fingerprint density at radius 2 is 1.38 bits per heavy atom. The molecule has 4 aromatic carbocycles.